The molecule has 0 atom stereocenters. The summed E-state index contributed by atoms with van der Waals surface area (Å²) in [5.41, 5.74) is 2.35. The molecule has 0 aliphatic rings. The molecule has 9 heteroatoms. The monoisotopic (exact) mass is 413 g/mol. The average Bonchev–Trinajstić information content (AvgIpc) is 3.20. The zero-order valence-corrected chi connectivity index (χ0v) is 17.4. The highest BCUT2D eigenvalue weighted by Crippen LogP contribution is 2.41. The Hall–Kier alpha value is -3.75. The Morgan fingerprint density at radius 2 is 1.60 bits per heavy atom. The fraction of sp³-hybridized carbons (Fsp3) is 0.286. The van der Waals surface area contributed by atoms with E-state index < -0.39 is 0 Å². The number of anilines is 1. The van der Waals surface area contributed by atoms with Gasteiger partial charge in [0.05, 0.1) is 34.9 Å². The van der Waals surface area contributed by atoms with E-state index in [-0.39, 0.29) is 24.2 Å². The molecule has 0 aliphatic carbocycles. The van der Waals surface area contributed by atoms with Gasteiger partial charge < -0.3 is 23.4 Å². The van der Waals surface area contributed by atoms with Crippen molar-refractivity contribution in [1.82, 2.24) is 10.2 Å². The number of carbonyl (C=O) groups excluding carboxylic acids is 1. The van der Waals surface area contributed by atoms with Crippen molar-refractivity contribution in [2.24, 2.45) is 0 Å². The van der Waals surface area contributed by atoms with Gasteiger partial charge in [0, 0.05) is 5.56 Å². The van der Waals surface area contributed by atoms with Crippen molar-refractivity contribution < 1.29 is 28.2 Å². The van der Waals surface area contributed by atoms with Crippen molar-refractivity contribution >= 4 is 11.9 Å². The summed E-state index contributed by atoms with van der Waals surface area (Å²) in [7, 11) is 6.16. The summed E-state index contributed by atoms with van der Waals surface area (Å²) in [4.78, 5) is 12.4. The molecule has 158 valence electrons. The quantitative estimate of drug-likeness (QED) is 0.600. The highest BCUT2D eigenvalue weighted by Gasteiger charge is 2.18. The van der Waals surface area contributed by atoms with E-state index >= 15 is 0 Å². The minimum atomic E-state index is -0.278. The second-order valence-electron chi connectivity index (χ2n) is 6.36. The van der Waals surface area contributed by atoms with E-state index in [0.29, 0.717) is 22.8 Å². The van der Waals surface area contributed by atoms with Crippen LogP contribution in [-0.2, 0) is 11.2 Å². The first kappa shape index (κ1) is 21.0. The number of aromatic nitrogens is 2. The zero-order chi connectivity index (χ0) is 21.7. The smallest absolute Gasteiger partial charge is 0.322 e. The number of methoxy groups -OCH3 is 4. The number of hydrogen-bond acceptors (Lipinski definition) is 8. The Labute approximate surface area is 173 Å². The number of nitrogens with one attached hydrogen (secondary N) is 1. The lowest BCUT2D eigenvalue weighted by Crippen LogP contribution is -2.14. The third-order valence-electron chi connectivity index (χ3n) is 4.41. The van der Waals surface area contributed by atoms with Gasteiger partial charge in [0.15, 0.2) is 11.5 Å². The summed E-state index contributed by atoms with van der Waals surface area (Å²) in [6.45, 7) is 1.92. The molecular formula is C21H23N3O6. The van der Waals surface area contributed by atoms with E-state index in [9.17, 15) is 4.79 Å². The Kier molecular flexibility index (Phi) is 6.41. The summed E-state index contributed by atoms with van der Waals surface area (Å²) in [6.07, 6.45) is 0.159. The summed E-state index contributed by atoms with van der Waals surface area (Å²) < 4.78 is 26.8. The van der Waals surface area contributed by atoms with Gasteiger partial charge in [-0.15, -0.1) is 5.10 Å². The number of aryl methyl sites for hydroxylation is 1. The predicted molar refractivity (Wildman–Crippen MR) is 109 cm³/mol. The first-order valence-electron chi connectivity index (χ1n) is 9.06. The number of benzene rings is 2. The van der Waals surface area contributed by atoms with Gasteiger partial charge in [-0.25, -0.2) is 0 Å². The van der Waals surface area contributed by atoms with Gasteiger partial charge >= 0.3 is 6.01 Å². The van der Waals surface area contributed by atoms with Crippen molar-refractivity contribution in [3.8, 4) is 34.5 Å². The molecule has 9 nitrogen and oxygen atoms in total. The van der Waals surface area contributed by atoms with Crippen LogP contribution in [0, 0.1) is 6.92 Å². The molecule has 0 saturated carbocycles. The van der Waals surface area contributed by atoms with Crippen molar-refractivity contribution in [2.45, 2.75) is 13.3 Å². The van der Waals surface area contributed by atoms with E-state index in [1.165, 1.54) is 21.3 Å². The van der Waals surface area contributed by atoms with Gasteiger partial charge in [0.25, 0.3) is 0 Å². The first-order valence-corrected chi connectivity index (χ1v) is 9.06. The molecule has 1 N–H and O–H groups in total. The van der Waals surface area contributed by atoms with Crippen LogP contribution in [0.5, 0.6) is 23.0 Å². The number of ether oxygens (including phenoxy) is 4. The minimum Gasteiger partial charge on any atom is -0.496 e. The summed E-state index contributed by atoms with van der Waals surface area (Å²) in [6, 6.07) is 8.91. The highest BCUT2D eigenvalue weighted by atomic mass is 16.5. The Morgan fingerprint density at radius 3 is 2.17 bits per heavy atom. The van der Waals surface area contributed by atoms with Crippen LogP contribution in [0.2, 0.25) is 0 Å². The van der Waals surface area contributed by atoms with Crippen molar-refractivity contribution in [1.29, 1.82) is 0 Å². The van der Waals surface area contributed by atoms with Crippen LogP contribution < -0.4 is 24.3 Å². The van der Waals surface area contributed by atoms with Crippen LogP contribution in [0.4, 0.5) is 6.01 Å². The Bertz CT molecular complexity index is 1020. The molecule has 1 heterocycles. The molecule has 1 amide bonds. The molecule has 3 aromatic rings. The summed E-state index contributed by atoms with van der Waals surface area (Å²) in [5, 5.41) is 10.5. The SMILES string of the molecule is COc1ccc(CC(=O)Nc2nnc(-c3cc(OC)c(OC)c(OC)c3)o2)cc1C. The molecule has 0 bridgehead atoms. The van der Waals surface area contributed by atoms with Crippen LogP contribution >= 0.6 is 0 Å². The van der Waals surface area contributed by atoms with Gasteiger partial charge in [0.2, 0.25) is 17.5 Å². The molecule has 2 aromatic carbocycles. The fourth-order valence-corrected chi connectivity index (χ4v) is 2.99. The number of hydrogen-bond donors (Lipinski definition) is 1. The molecule has 0 unspecified atom stereocenters. The van der Waals surface area contributed by atoms with E-state index in [1.54, 1.807) is 19.2 Å². The van der Waals surface area contributed by atoms with E-state index in [1.807, 2.05) is 25.1 Å². The standard InChI is InChI=1S/C21H23N3O6/c1-12-8-13(6-7-15(12)26-2)9-18(25)22-21-24-23-20(30-21)14-10-16(27-3)19(29-5)17(11-14)28-4/h6-8,10-11H,9H2,1-5H3,(H,22,24,25). The zero-order valence-electron chi connectivity index (χ0n) is 17.4. The summed E-state index contributed by atoms with van der Waals surface area (Å²) in [5.74, 6) is 2.04. The second-order valence-corrected chi connectivity index (χ2v) is 6.36. The lowest BCUT2D eigenvalue weighted by atomic mass is 10.1. The molecule has 0 radical (unpaired) electrons. The van der Waals surface area contributed by atoms with Crippen molar-refractivity contribution in [2.75, 3.05) is 33.8 Å². The first-order chi connectivity index (χ1) is 14.5. The molecule has 0 fully saturated rings. The Balaban J connectivity index is 1.75. The van der Waals surface area contributed by atoms with Crippen LogP contribution in [0.3, 0.4) is 0 Å². The maximum absolute atomic E-state index is 12.4. The molecule has 0 spiro atoms. The third kappa shape index (κ3) is 4.45. The third-order valence-corrected chi connectivity index (χ3v) is 4.41. The van der Waals surface area contributed by atoms with Crippen molar-refractivity contribution in [3.05, 3.63) is 41.5 Å². The van der Waals surface area contributed by atoms with Crippen molar-refractivity contribution in [3.63, 3.8) is 0 Å². The van der Waals surface area contributed by atoms with Gasteiger partial charge in [-0.2, -0.15) is 0 Å². The van der Waals surface area contributed by atoms with Gasteiger partial charge in [-0.05, 0) is 36.2 Å². The number of nitrogens with zero attached hydrogens (tertiary/aromatic N) is 2. The van der Waals surface area contributed by atoms with Crippen LogP contribution in [0.1, 0.15) is 11.1 Å². The Morgan fingerprint density at radius 1 is 0.933 bits per heavy atom. The number of carbonyl (C=O) groups is 1. The van der Waals surface area contributed by atoms with Gasteiger partial charge in [-0.3, -0.25) is 10.1 Å². The highest BCUT2D eigenvalue weighted by molar-refractivity contribution is 5.90. The maximum atomic E-state index is 12.4. The predicted octanol–water partition coefficient (Wildman–Crippen LogP) is 3.26. The molecule has 0 saturated heterocycles. The van der Waals surface area contributed by atoms with Crippen LogP contribution in [0.15, 0.2) is 34.7 Å². The largest absolute Gasteiger partial charge is 0.496 e. The number of rotatable bonds is 8. The average molecular weight is 413 g/mol. The molecule has 3 rings (SSSR count). The molecule has 30 heavy (non-hydrogen) atoms. The second kappa shape index (κ2) is 9.17. The normalized spacial score (nSPS) is 10.4. The van der Waals surface area contributed by atoms with Crippen LogP contribution in [0.25, 0.3) is 11.5 Å². The lowest BCUT2D eigenvalue weighted by molar-refractivity contribution is -0.115. The molecule has 0 aliphatic heterocycles. The van der Waals surface area contributed by atoms with E-state index in [2.05, 4.69) is 15.5 Å². The van der Waals surface area contributed by atoms with Gasteiger partial charge in [0.1, 0.15) is 5.75 Å². The lowest BCUT2D eigenvalue weighted by Gasteiger charge is -2.12. The molecular weight excluding hydrogens is 390 g/mol. The van der Waals surface area contributed by atoms with Crippen LogP contribution in [-0.4, -0.2) is 44.5 Å². The van der Waals surface area contributed by atoms with E-state index in [4.69, 9.17) is 23.4 Å². The minimum absolute atomic E-state index is 0.00557. The summed E-state index contributed by atoms with van der Waals surface area (Å²) >= 11 is 0. The topological polar surface area (TPSA) is 105 Å². The van der Waals surface area contributed by atoms with Gasteiger partial charge in [-0.1, -0.05) is 17.2 Å². The molecule has 1 aromatic heterocycles. The maximum Gasteiger partial charge on any atom is 0.322 e. The fourth-order valence-electron chi connectivity index (χ4n) is 2.99. The van der Waals surface area contributed by atoms with E-state index in [0.717, 1.165) is 16.9 Å². The number of amides is 1.